The topological polar surface area (TPSA) is 38.7 Å². The molecule has 0 aromatic heterocycles. The summed E-state index contributed by atoms with van der Waals surface area (Å²) in [6.45, 7) is 5.86. The number of rotatable bonds is 7. The maximum atomic E-state index is 10.1. The molecule has 1 fully saturated rings. The quantitative estimate of drug-likeness (QED) is 0.804. The second-order valence-electron chi connectivity index (χ2n) is 6.28. The van der Waals surface area contributed by atoms with Gasteiger partial charge in [-0.2, -0.15) is 0 Å². The Morgan fingerprint density at radius 1 is 1.19 bits per heavy atom. The molecule has 2 unspecified atom stereocenters. The monoisotopic (exact) mass is 291 g/mol. The molecular formula is C17H29N3O. The Bertz CT molecular complexity index is 413. The molecule has 1 heterocycles. The van der Waals surface area contributed by atoms with Gasteiger partial charge in [0.2, 0.25) is 0 Å². The second kappa shape index (κ2) is 7.78. The zero-order valence-corrected chi connectivity index (χ0v) is 13.5. The van der Waals surface area contributed by atoms with Gasteiger partial charge in [0.05, 0.1) is 6.10 Å². The van der Waals surface area contributed by atoms with Gasteiger partial charge < -0.3 is 20.2 Å². The summed E-state index contributed by atoms with van der Waals surface area (Å²) in [5, 5.41) is 13.5. The predicted octanol–water partition coefficient (Wildman–Crippen LogP) is 1.86. The maximum Gasteiger partial charge on any atom is 0.0791 e. The molecule has 0 radical (unpaired) electrons. The summed E-state index contributed by atoms with van der Waals surface area (Å²) in [6, 6.07) is 8.83. The fourth-order valence-corrected chi connectivity index (χ4v) is 2.82. The first kappa shape index (κ1) is 16.3. The number of nitrogens with zero attached hydrogens (tertiary/aromatic N) is 2. The fourth-order valence-electron chi connectivity index (χ4n) is 2.82. The standard InChI is InChI=1S/C17H29N3O/c1-14(15-6-8-16(9-7-15)19(2)3)18-12-17(21)13-20-10-4-5-11-20/h6-9,14,17-18,21H,4-5,10-13H2,1-3H3. The van der Waals surface area contributed by atoms with Crippen LogP contribution in [0.5, 0.6) is 0 Å². The highest BCUT2D eigenvalue weighted by Gasteiger charge is 2.16. The minimum Gasteiger partial charge on any atom is -0.390 e. The molecule has 4 heteroatoms. The van der Waals surface area contributed by atoms with Gasteiger partial charge in [0, 0.05) is 38.9 Å². The van der Waals surface area contributed by atoms with Gasteiger partial charge in [-0.15, -0.1) is 0 Å². The van der Waals surface area contributed by atoms with Gasteiger partial charge in [0.15, 0.2) is 0 Å². The van der Waals surface area contributed by atoms with E-state index in [4.69, 9.17) is 0 Å². The van der Waals surface area contributed by atoms with Gasteiger partial charge in [-0.1, -0.05) is 12.1 Å². The largest absolute Gasteiger partial charge is 0.390 e. The first-order chi connectivity index (χ1) is 10.1. The summed E-state index contributed by atoms with van der Waals surface area (Å²) in [7, 11) is 4.09. The zero-order chi connectivity index (χ0) is 15.2. The van der Waals surface area contributed by atoms with Gasteiger partial charge in [-0.25, -0.2) is 0 Å². The minimum absolute atomic E-state index is 0.259. The third-order valence-electron chi connectivity index (χ3n) is 4.24. The van der Waals surface area contributed by atoms with E-state index in [2.05, 4.69) is 46.3 Å². The van der Waals surface area contributed by atoms with E-state index in [-0.39, 0.29) is 12.1 Å². The highest BCUT2D eigenvalue weighted by atomic mass is 16.3. The number of β-amino-alcohol motifs (C(OH)–C–C–N with tert-alkyl or cyclic N) is 1. The van der Waals surface area contributed by atoms with E-state index in [1.807, 2.05) is 14.1 Å². The Labute approximate surface area is 128 Å². The van der Waals surface area contributed by atoms with E-state index >= 15 is 0 Å². The van der Waals surface area contributed by atoms with Crippen LogP contribution in [0.15, 0.2) is 24.3 Å². The average molecular weight is 291 g/mol. The van der Waals surface area contributed by atoms with Gasteiger partial charge in [0.1, 0.15) is 0 Å². The Kier molecular flexibility index (Phi) is 6.03. The van der Waals surface area contributed by atoms with Crippen LogP contribution in [-0.2, 0) is 0 Å². The van der Waals surface area contributed by atoms with Crippen LogP contribution < -0.4 is 10.2 Å². The van der Waals surface area contributed by atoms with E-state index < -0.39 is 0 Å². The number of hydrogen-bond acceptors (Lipinski definition) is 4. The fraction of sp³-hybridized carbons (Fsp3) is 0.647. The van der Waals surface area contributed by atoms with Crippen molar-refractivity contribution in [2.75, 3.05) is 45.2 Å². The number of benzene rings is 1. The molecule has 2 rings (SSSR count). The van der Waals surface area contributed by atoms with Gasteiger partial charge in [-0.3, -0.25) is 0 Å². The molecule has 0 bridgehead atoms. The van der Waals surface area contributed by atoms with E-state index in [9.17, 15) is 5.11 Å². The van der Waals surface area contributed by atoms with Crippen LogP contribution in [0.3, 0.4) is 0 Å². The molecule has 0 saturated carbocycles. The number of likely N-dealkylation sites (tertiary alicyclic amines) is 1. The van der Waals surface area contributed by atoms with Gasteiger partial charge >= 0.3 is 0 Å². The van der Waals surface area contributed by atoms with Gasteiger partial charge in [-0.05, 0) is 50.6 Å². The molecular weight excluding hydrogens is 262 g/mol. The molecule has 4 nitrogen and oxygen atoms in total. The Hall–Kier alpha value is -1.10. The van der Waals surface area contributed by atoms with Crippen molar-refractivity contribution in [1.82, 2.24) is 10.2 Å². The van der Waals surface area contributed by atoms with Crippen molar-refractivity contribution in [3.63, 3.8) is 0 Å². The van der Waals surface area contributed by atoms with E-state index in [0.29, 0.717) is 6.54 Å². The molecule has 21 heavy (non-hydrogen) atoms. The Balaban J connectivity index is 1.76. The summed E-state index contributed by atoms with van der Waals surface area (Å²) in [5.74, 6) is 0. The highest BCUT2D eigenvalue weighted by Crippen LogP contribution is 2.17. The average Bonchev–Trinajstić information content (AvgIpc) is 2.97. The first-order valence-electron chi connectivity index (χ1n) is 7.97. The van der Waals surface area contributed by atoms with Crippen LogP contribution in [0.2, 0.25) is 0 Å². The molecule has 1 aromatic rings. The SMILES string of the molecule is CC(NCC(O)CN1CCCC1)c1ccc(N(C)C)cc1. The van der Waals surface area contributed by atoms with E-state index in [0.717, 1.165) is 19.6 Å². The molecule has 1 aliphatic heterocycles. The van der Waals surface area contributed by atoms with Crippen LogP contribution in [0, 0.1) is 0 Å². The van der Waals surface area contributed by atoms with Crippen molar-refractivity contribution in [3.8, 4) is 0 Å². The second-order valence-corrected chi connectivity index (χ2v) is 6.28. The number of anilines is 1. The van der Waals surface area contributed by atoms with Crippen molar-refractivity contribution >= 4 is 5.69 Å². The zero-order valence-electron chi connectivity index (χ0n) is 13.5. The molecule has 1 aliphatic rings. The van der Waals surface area contributed by atoms with Crippen LogP contribution >= 0.6 is 0 Å². The summed E-state index contributed by atoms with van der Waals surface area (Å²) in [4.78, 5) is 4.45. The van der Waals surface area contributed by atoms with Crippen molar-refractivity contribution in [3.05, 3.63) is 29.8 Å². The lowest BCUT2D eigenvalue weighted by atomic mass is 10.1. The molecule has 0 aliphatic carbocycles. The molecule has 0 amide bonds. The maximum absolute atomic E-state index is 10.1. The van der Waals surface area contributed by atoms with Crippen molar-refractivity contribution < 1.29 is 5.11 Å². The van der Waals surface area contributed by atoms with Crippen LogP contribution in [-0.4, -0.2) is 56.4 Å². The number of aliphatic hydroxyl groups excluding tert-OH is 1. The molecule has 2 atom stereocenters. The van der Waals surface area contributed by atoms with Crippen LogP contribution in [0.1, 0.15) is 31.4 Å². The summed E-state index contributed by atoms with van der Waals surface area (Å²) in [6.07, 6.45) is 2.26. The third kappa shape index (κ3) is 4.99. The minimum atomic E-state index is -0.286. The van der Waals surface area contributed by atoms with Crippen molar-refractivity contribution in [2.45, 2.75) is 31.9 Å². The van der Waals surface area contributed by atoms with E-state index in [1.54, 1.807) is 0 Å². The highest BCUT2D eigenvalue weighted by molar-refractivity contribution is 5.46. The number of hydrogen-bond donors (Lipinski definition) is 2. The normalized spacial score (nSPS) is 18.7. The lowest BCUT2D eigenvalue weighted by Gasteiger charge is -2.22. The Morgan fingerprint density at radius 2 is 1.81 bits per heavy atom. The molecule has 2 N–H and O–H groups in total. The lowest BCUT2D eigenvalue weighted by Crippen LogP contribution is -2.37. The van der Waals surface area contributed by atoms with Crippen molar-refractivity contribution in [1.29, 1.82) is 0 Å². The Morgan fingerprint density at radius 3 is 2.38 bits per heavy atom. The van der Waals surface area contributed by atoms with Gasteiger partial charge in [0.25, 0.3) is 0 Å². The first-order valence-corrected chi connectivity index (χ1v) is 7.97. The molecule has 118 valence electrons. The smallest absolute Gasteiger partial charge is 0.0791 e. The van der Waals surface area contributed by atoms with E-state index in [1.165, 1.54) is 24.1 Å². The summed E-state index contributed by atoms with van der Waals surface area (Å²) in [5.41, 5.74) is 2.47. The van der Waals surface area contributed by atoms with Crippen LogP contribution in [0.4, 0.5) is 5.69 Å². The number of nitrogens with one attached hydrogen (secondary N) is 1. The molecule has 1 aromatic carbocycles. The third-order valence-corrected chi connectivity index (χ3v) is 4.24. The summed E-state index contributed by atoms with van der Waals surface area (Å²) >= 11 is 0. The predicted molar refractivity (Wildman–Crippen MR) is 88.9 cm³/mol. The number of aliphatic hydroxyl groups is 1. The lowest BCUT2D eigenvalue weighted by molar-refractivity contribution is 0.121. The molecule has 1 saturated heterocycles. The van der Waals surface area contributed by atoms with Crippen LogP contribution in [0.25, 0.3) is 0 Å². The summed E-state index contributed by atoms with van der Waals surface area (Å²) < 4.78 is 0. The molecule has 0 spiro atoms. The van der Waals surface area contributed by atoms with Crippen molar-refractivity contribution in [2.24, 2.45) is 0 Å².